The van der Waals surface area contributed by atoms with E-state index in [1.54, 1.807) is 13.8 Å². The van der Waals surface area contributed by atoms with Crippen LogP contribution in [0, 0.1) is 5.92 Å². The van der Waals surface area contributed by atoms with Gasteiger partial charge in [-0.3, -0.25) is 4.79 Å². The molecule has 1 N–H and O–H groups in total. The van der Waals surface area contributed by atoms with E-state index in [9.17, 15) is 36.2 Å². The maximum Gasteiger partial charge on any atom is 0.417 e. The van der Waals surface area contributed by atoms with E-state index in [1.807, 2.05) is 0 Å². The quantitative estimate of drug-likeness (QED) is 0.735. The van der Waals surface area contributed by atoms with Gasteiger partial charge in [-0.25, -0.2) is 0 Å². The van der Waals surface area contributed by atoms with Crippen LogP contribution in [-0.4, -0.2) is 11.1 Å². The molecule has 0 fully saturated rings. The lowest BCUT2D eigenvalue weighted by molar-refractivity contribution is -0.162. The molecule has 23 heavy (non-hydrogen) atoms. The van der Waals surface area contributed by atoms with E-state index in [2.05, 4.69) is 0 Å². The Bertz CT molecular complexity index is 562. The van der Waals surface area contributed by atoms with Crippen LogP contribution in [0.2, 0.25) is 0 Å². The molecule has 1 aromatic rings. The van der Waals surface area contributed by atoms with Gasteiger partial charge in [0.25, 0.3) is 0 Å². The summed E-state index contributed by atoms with van der Waals surface area (Å²) in [7, 11) is 0. The first-order valence-corrected chi connectivity index (χ1v) is 6.89. The summed E-state index contributed by atoms with van der Waals surface area (Å²) in [5, 5.41) is 9.19. The predicted molar refractivity (Wildman–Crippen MR) is 70.9 cm³/mol. The lowest BCUT2D eigenvalue weighted by atomic mass is 9.87. The van der Waals surface area contributed by atoms with Gasteiger partial charge in [-0.1, -0.05) is 26.3 Å². The summed E-state index contributed by atoms with van der Waals surface area (Å²) in [6.07, 6.45) is -9.73. The fraction of sp³-hybridized carbons (Fsp3) is 0.533. The first-order valence-electron chi connectivity index (χ1n) is 6.89. The van der Waals surface area contributed by atoms with Crippen LogP contribution in [0.25, 0.3) is 0 Å². The van der Waals surface area contributed by atoms with Gasteiger partial charge in [-0.15, -0.1) is 0 Å². The number of rotatable bonds is 5. The van der Waals surface area contributed by atoms with Crippen molar-refractivity contribution >= 4 is 5.97 Å². The summed E-state index contributed by atoms with van der Waals surface area (Å²) in [6, 6.07) is 1.40. The minimum Gasteiger partial charge on any atom is -0.481 e. The van der Waals surface area contributed by atoms with Crippen LogP contribution in [-0.2, 0) is 17.1 Å². The topological polar surface area (TPSA) is 37.3 Å². The Kier molecular flexibility index (Phi) is 5.71. The highest BCUT2D eigenvalue weighted by atomic mass is 19.4. The molecule has 0 radical (unpaired) electrons. The monoisotopic (exact) mass is 342 g/mol. The van der Waals surface area contributed by atoms with Crippen molar-refractivity contribution in [1.29, 1.82) is 0 Å². The zero-order valence-electron chi connectivity index (χ0n) is 12.4. The number of aliphatic carboxylic acids is 1. The number of halogens is 6. The Labute approximate surface area is 129 Å². The second-order valence-electron chi connectivity index (χ2n) is 5.44. The van der Waals surface area contributed by atoms with E-state index in [0.29, 0.717) is 18.6 Å². The summed E-state index contributed by atoms with van der Waals surface area (Å²) >= 11 is 0. The molecule has 1 aromatic carbocycles. The van der Waals surface area contributed by atoms with Gasteiger partial charge in [0.1, 0.15) is 0 Å². The lowest BCUT2D eigenvalue weighted by Crippen LogP contribution is -2.20. The van der Waals surface area contributed by atoms with E-state index < -0.39 is 35.4 Å². The normalized spacial score (nSPS) is 15.3. The minimum atomic E-state index is -5.22. The Morgan fingerprint density at radius 2 is 1.61 bits per heavy atom. The third kappa shape index (κ3) is 4.87. The summed E-state index contributed by atoms with van der Waals surface area (Å²) in [4.78, 5) is 11.3. The van der Waals surface area contributed by atoms with Gasteiger partial charge in [-0.2, -0.15) is 26.3 Å². The van der Waals surface area contributed by atoms with E-state index in [-0.39, 0.29) is 17.9 Å². The van der Waals surface area contributed by atoms with Crippen LogP contribution in [0.4, 0.5) is 26.3 Å². The number of carboxylic acids is 1. The van der Waals surface area contributed by atoms with Crippen molar-refractivity contribution in [3.63, 3.8) is 0 Å². The van der Waals surface area contributed by atoms with Crippen LogP contribution in [0.15, 0.2) is 18.2 Å². The predicted octanol–water partition coefficient (Wildman–Crippen LogP) is 5.33. The molecule has 0 spiro atoms. The summed E-state index contributed by atoms with van der Waals surface area (Å²) in [6.45, 7) is 3.52. The van der Waals surface area contributed by atoms with E-state index in [4.69, 9.17) is 0 Å². The van der Waals surface area contributed by atoms with Crippen molar-refractivity contribution in [2.45, 2.75) is 45.0 Å². The van der Waals surface area contributed by atoms with Crippen molar-refractivity contribution in [2.75, 3.05) is 0 Å². The molecule has 0 aliphatic carbocycles. The highest BCUT2D eigenvalue weighted by Gasteiger charge is 2.43. The maximum atomic E-state index is 12.9. The largest absolute Gasteiger partial charge is 0.481 e. The third-order valence-electron chi connectivity index (χ3n) is 3.69. The van der Waals surface area contributed by atoms with Crippen LogP contribution in [0.5, 0.6) is 0 Å². The number of hydrogen-bond donors (Lipinski definition) is 1. The Morgan fingerprint density at radius 3 is 2.00 bits per heavy atom. The van der Waals surface area contributed by atoms with Crippen molar-refractivity contribution in [2.24, 2.45) is 5.92 Å². The van der Waals surface area contributed by atoms with Crippen molar-refractivity contribution in [1.82, 2.24) is 0 Å². The molecule has 2 nitrogen and oxygen atoms in total. The van der Waals surface area contributed by atoms with Gasteiger partial charge in [0.15, 0.2) is 0 Å². The molecule has 2 atom stereocenters. The lowest BCUT2D eigenvalue weighted by Gasteiger charge is -2.20. The van der Waals surface area contributed by atoms with Crippen LogP contribution < -0.4 is 0 Å². The van der Waals surface area contributed by atoms with E-state index in [1.165, 1.54) is 0 Å². The molecule has 0 aliphatic heterocycles. The molecule has 2 unspecified atom stereocenters. The number of alkyl halides is 6. The van der Waals surface area contributed by atoms with Crippen LogP contribution >= 0.6 is 0 Å². The zero-order valence-corrected chi connectivity index (χ0v) is 12.4. The van der Waals surface area contributed by atoms with Crippen LogP contribution in [0.3, 0.4) is 0 Å². The average molecular weight is 342 g/mol. The van der Waals surface area contributed by atoms with Crippen molar-refractivity contribution < 1.29 is 36.2 Å². The fourth-order valence-electron chi connectivity index (χ4n) is 2.21. The van der Waals surface area contributed by atoms with Gasteiger partial charge < -0.3 is 5.11 Å². The van der Waals surface area contributed by atoms with Crippen molar-refractivity contribution in [3.05, 3.63) is 34.9 Å². The van der Waals surface area contributed by atoms with E-state index >= 15 is 0 Å². The third-order valence-corrected chi connectivity index (χ3v) is 3.69. The van der Waals surface area contributed by atoms with Gasteiger partial charge >= 0.3 is 18.3 Å². The number of carbonyl (C=O) groups is 1. The van der Waals surface area contributed by atoms with E-state index in [0.717, 1.165) is 6.07 Å². The summed E-state index contributed by atoms with van der Waals surface area (Å²) < 4.78 is 76.9. The molecule has 0 amide bonds. The van der Waals surface area contributed by atoms with Crippen LogP contribution in [0.1, 0.15) is 49.3 Å². The Hall–Kier alpha value is -1.73. The van der Waals surface area contributed by atoms with Crippen molar-refractivity contribution in [3.8, 4) is 0 Å². The second kappa shape index (κ2) is 6.80. The van der Waals surface area contributed by atoms with Gasteiger partial charge in [0, 0.05) is 0 Å². The highest BCUT2D eigenvalue weighted by Crippen LogP contribution is 2.42. The molecule has 130 valence electrons. The molecule has 1 rings (SSSR count). The molecule has 0 heterocycles. The standard InChI is InChI=1S/C15H16F6O2/c1-3-8(2)6-10(13(22)23)9-4-5-11(14(16,17)18)12(7-9)15(19,20)21/h4-5,7-8,10H,3,6H2,1-2H3,(H,22,23). The Balaban J connectivity index is 3.40. The molecular weight excluding hydrogens is 326 g/mol. The average Bonchev–Trinajstić information content (AvgIpc) is 2.41. The minimum absolute atomic E-state index is 0.0501. The molecule has 8 heteroatoms. The van der Waals surface area contributed by atoms with Gasteiger partial charge in [-0.05, 0) is 30.0 Å². The molecule has 0 saturated carbocycles. The number of carboxylic acid groups (broad SMARTS) is 1. The number of hydrogen-bond acceptors (Lipinski definition) is 1. The molecule has 0 saturated heterocycles. The number of benzene rings is 1. The zero-order chi connectivity index (χ0) is 18.0. The fourth-order valence-corrected chi connectivity index (χ4v) is 2.21. The van der Waals surface area contributed by atoms with Gasteiger partial charge in [0.2, 0.25) is 0 Å². The van der Waals surface area contributed by atoms with Gasteiger partial charge in [0.05, 0.1) is 17.0 Å². The summed E-state index contributed by atoms with van der Waals surface area (Å²) in [5.74, 6) is -2.74. The first-order chi connectivity index (χ1) is 10.4. The first kappa shape index (κ1) is 19.3. The Morgan fingerprint density at radius 1 is 1.09 bits per heavy atom. The maximum absolute atomic E-state index is 12.9. The smallest absolute Gasteiger partial charge is 0.417 e. The second-order valence-corrected chi connectivity index (χ2v) is 5.44. The molecular formula is C15H16F6O2. The molecule has 0 bridgehead atoms. The molecule has 0 aromatic heterocycles. The highest BCUT2D eigenvalue weighted by molar-refractivity contribution is 5.76. The molecule has 0 aliphatic rings. The summed E-state index contributed by atoms with van der Waals surface area (Å²) in [5.41, 5.74) is -3.96. The SMILES string of the molecule is CCC(C)CC(C(=O)O)c1ccc(C(F)(F)F)c(C(F)(F)F)c1.